The van der Waals surface area contributed by atoms with E-state index in [0.717, 1.165) is 0 Å². The zero-order valence-corrected chi connectivity index (χ0v) is 15.3. The molecule has 26 heavy (non-hydrogen) atoms. The van der Waals surface area contributed by atoms with Gasteiger partial charge in [0, 0.05) is 11.1 Å². The van der Waals surface area contributed by atoms with Gasteiger partial charge in [-0.15, -0.1) is 5.10 Å². The van der Waals surface area contributed by atoms with Gasteiger partial charge in [-0.25, -0.2) is 0 Å². The minimum absolute atomic E-state index is 0.0843. The van der Waals surface area contributed by atoms with Gasteiger partial charge in [-0.2, -0.15) is 0 Å². The first-order chi connectivity index (χ1) is 12.5. The Bertz CT molecular complexity index is 959. The molecular weight excluding hydrogens is 381 g/mol. The molecule has 0 unspecified atom stereocenters. The van der Waals surface area contributed by atoms with Crippen molar-refractivity contribution < 1.29 is 18.7 Å². The second kappa shape index (κ2) is 7.63. The molecule has 1 aromatic heterocycles. The van der Waals surface area contributed by atoms with E-state index in [2.05, 4.69) is 15.5 Å². The normalized spacial score (nSPS) is 10.5. The van der Waals surface area contributed by atoms with Crippen molar-refractivity contribution in [3.8, 4) is 23.0 Å². The van der Waals surface area contributed by atoms with Crippen molar-refractivity contribution in [2.75, 3.05) is 19.5 Å². The highest BCUT2D eigenvalue weighted by molar-refractivity contribution is 6.36. The maximum absolute atomic E-state index is 12.3. The van der Waals surface area contributed by atoms with E-state index in [4.69, 9.17) is 37.1 Å². The Kier molecular flexibility index (Phi) is 5.29. The number of halogens is 2. The SMILES string of the molecule is COc1ccc(-c2nnc(NC(=O)c3cc(Cl)ccc3Cl)o2)c(OC)c1. The number of rotatable bonds is 5. The summed E-state index contributed by atoms with van der Waals surface area (Å²) in [5, 5.41) is 10.9. The Balaban J connectivity index is 1.84. The van der Waals surface area contributed by atoms with Crippen molar-refractivity contribution in [1.29, 1.82) is 0 Å². The van der Waals surface area contributed by atoms with Crippen molar-refractivity contribution in [1.82, 2.24) is 10.2 Å². The van der Waals surface area contributed by atoms with Crippen LogP contribution < -0.4 is 14.8 Å². The van der Waals surface area contributed by atoms with Crippen LogP contribution in [0.4, 0.5) is 6.01 Å². The van der Waals surface area contributed by atoms with Gasteiger partial charge in [-0.05, 0) is 30.3 Å². The van der Waals surface area contributed by atoms with Gasteiger partial charge in [0.2, 0.25) is 0 Å². The van der Waals surface area contributed by atoms with Crippen molar-refractivity contribution in [3.05, 3.63) is 52.0 Å². The fourth-order valence-corrected chi connectivity index (χ4v) is 2.57. The maximum atomic E-state index is 12.3. The molecule has 3 rings (SSSR count). The highest BCUT2D eigenvalue weighted by Gasteiger charge is 2.18. The van der Waals surface area contributed by atoms with Crippen LogP contribution in [-0.4, -0.2) is 30.3 Å². The van der Waals surface area contributed by atoms with Crippen molar-refractivity contribution in [2.45, 2.75) is 0 Å². The molecule has 9 heteroatoms. The van der Waals surface area contributed by atoms with Crippen LogP contribution in [0.3, 0.4) is 0 Å². The first kappa shape index (κ1) is 18.0. The summed E-state index contributed by atoms with van der Waals surface area (Å²) in [7, 11) is 3.06. The van der Waals surface area contributed by atoms with Gasteiger partial charge in [0.05, 0.1) is 30.4 Å². The smallest absolute Gasteiger partial charge is 0.322 e. The van der Waals surface area contributed by atoms with Crippen LogP contribution in [-0.2, 0) is 0 Å². The monoisotopic (exact) mass is 393 g/mol. The van der Waals surface area contributed by atoms with E-state index in [9.17, 15) is 4.79 Å². The third-order valence-electron chi connectivity index (χ3n) is 3.46. The van der Waals surface area contributed by atoms with Crippen LogP contribution in [0, 0.1) is 0 Å². The number of amides is 1. The summed E-state index contributed by atoms with van der Waals surface area (Å²) in [5.74, 6) is 0.768. The fourth-order valence-electron chi connectivity index (χ4n) is 2.19. The highest BCUT2D eigenvalue weighted by atomic mass is 35.5. The van der Waals surface area contributed by atoms with Crippen LogP contribution in [0.15, 0.2) is 40.8 Å². The van der Waals surface area contributed by atoms with Crippen molar-refractivity contribution >= 4 is 35.1 Å². The lowest BCUT2D eigenvalue weighted by atomic mass is 10.2. The number of benzene rings is 2. The van der Waals surface area contributed by atoms with Gasteiger partial charge in [0.25, 0.3) is 11.8 Å². The zero-order valence-electron chi connectivity index (χ0n) is 13.7. The highest BCUT2D eigenvalue weighted by Crippen LogP contribution is 2.33. The molecule has 0 aliphatic heterocycles. The molecule has 0 bridgehead atoms. The second-order valence-corrected chi connectivity index (χ2v) is 5.90. The average Bonchev–Trinajstić information content (AvgIpc) is 3.11. The van der Waals surface area contributed by atoms with E-state index >= 15 is 0 Å². The van der Waals surface area contributed by atoms with Crippen LogP contribution in [0.5, 0.6) is 11.5 Å². The van der Waals surface area contributed by atoms with E-state index < -0.39 is 5.91 Å². The van der Waals surface area contributed by atoms with Gasteiger partial charge in [0.1, 0.15) is 11.5 Å². The Morgan fingerprint density at radius 1 is 1.08 bits per heavy atom. The molecule has 1 heterocycles. The Hall–Kier alpha value is -2.77. The molecule has 0 fully saturated rings. The van der Waals surface area contributed by atoms with Crippen LogP contribution >= 0.6 is 23.2 Å². The molecule has 7 nitrogen and oxygen atoms in total. The number of methoxy groups -OCH3 is 2. The van der Waals surface area contributed by atoms with Gasteiger partial charge >= 0.3 is 6.01 Å². The lowest BCUT2D eigenvalue weighted by molar-refractivity contribution is 0.102. The molecule has 134 valence electrons. The lowest BCUT2D eigenvalue weighted by Gasteiger charge is -2.07. The number of hydrogen-bond donors (Lipinski definition) is 1. The third-order valence-corrected chi connectivity index (χ3v) is 4.02. The van der Waals surface area contributed by atoms with Gasteiger partial charge in [-0.3, -0.25) is 10.1 Å². The number of ether oxygens (including phenoxy) is 2. The van der Waals surface area contributed by atoms with Crippen molar-refractivity contribution in [2.24, 2.45) is 0 Å². The molecule has 1 N–H and O–H groups in total. The molecular formula is C17H13Cl2N3O4. The molecule has 2 aromatic carbocycles. The van der Waals surface area contributed by atoms with E-state index in [-0.39, 0.29) is 22.5 Å². The summed E-state index contributed by atoms with van der Waals surface area (Å²) in [4.78, 5) is 12.3. The van der Waals surface area contributed by atoms with Gasteiger partial charge < -0.3 is 13.9 Å². The van der Waals surface area contributed by atoms with E-state index in [0.29, 0.717) is 22.1 Å². The number of nitrogens with zero attached hydrogens (tertiary/aromatic N) is 2. The molecule has 0 atom stereocenters. The fraction of sp³-hybridized carbons (Fsp3) is 0.118. The molecule has 0 radical (unpaired) electrons. The van der Waals surface area contributed by atoms with Crippen LogP contribution in [0.1, 0.15) is 10.4 Å². The second-order valence-electron chi connectivity index (χ2n) is 5.06. The summed E-state index contributed by atoms with van der Waals surface area (Å²) in [6.45, 7) is 0. The third kappa shape index (κ3) is 3.74. The summed E-state index contributed by atoms with van der Waals surface area (Å²) < 4.78 is 15.9. The average molecular weight is 394 g/mol. The first-order valence-electron chi connectivity index (χ1n) is 7.34. The Morgan fingerprint density at radius 2 is 1.88 bits per heavy atom. The number of hydrogen-bond acceptors (Lipinski definition) is 6. The molecule has 0 aliphatic carbocycles. The first-order valence-corrected chi connectivity index (χ1v) is 8.09. The quantitative estimate of drug-likeness (QED) is 0.694. The number of aromatic nitrogens is 2. The summed E-state index contributed by atoms with van der Waals surface area (Å²) >= 11 is 11.9. The molecule has 0 saturated heterocycles. The maximum Gasteiger partial charge on any atom is 0.322 e. The molecule has 0 aliphatic rings. The Morgan fingerprint density at radius 3 is 2.62 bits per heavy atom. The summed E-state index contributed by atoms with van der Waals surface area (Å²) in [5.41, 5.74) is 0.753. The van der Waals surface area contributed by atoms with Gasteiger partial charge in [0.15, 0.2) is 0 Å². The number of carbonyl (C=O) groups is 1. The number of carbonyl (C=O) groups excluding carboxylic acids is 1. The number of nitrogens with one attached hydrogen (secondary N) is 1. The van der Waals surface area contributed by atoms with Crippen LogP contribution in [0.2, 0.25) is 10.0 Å². The van der Waals surface area contributed by atoms with E-state index in [1.807, 2.05) is 0 Å². The standard InChI is InChI=1S/C17H13Cl2N3O4/c1-24-10-4-5-11(14(8-10)25-2)16-21-22-17(26-16)20-15(23)12-7-9(18)3-6-13(12)19/h3-8H,1-2H3,(H,20,22,23). The predicted molar refractivity (Wildman–Crippen MR) is 97.3 cm³/mol. The van der Waals surface area contributed by atoms with E-state index in [1.165, 1.54) is 19.2 Å². The lowest BCUT2D eigenvalue weighted by Crippen LogP contribution is -2.12. The molecule has 1 amide bonds. The minimum Gasteiger partial charge on any atom is -0.497 e. The molecule has 3 aromatic rings. The molecule has 0 saturated carbocycles. The van der Waals surface area contributed by atoms with Gasteiger partial charge in [-0.1, -0.05) is 28.3 Å². The predicted octanol–water partition coefficient (Wildman–Crippen LogP) is 4.31. The largest absolute Gasteiger partial charge is 0.497 e. The topological polar surface area (TPSA) is 86.5 Å². The number of anilines is 1. The van der Waals surface area contributed by atoms with Crippen LogP contribution in [0.25, 0.3) is 11.5 Å². The van der Waals surface area contributed by atoms with E-state index in [1.54, 1.807) is 31.4 Å². The molecule has 0 spiro atoms. The Labute approximate surface area is 158 Å². The summed E-state index contributed by atoms with van der Waals surface area (Å²) in [6.07, 6.45) is 0. The zero-order chi connectivity index (χ0) is 18.7. The minimum atomic E-state index is -0.519. The van der Waals surface area contributed by atoms with Crippen molar-refractivity contribution in [3.63, 3.8) is 0 Å². The summed E-state index contributed by atoms with van der Waals surface area (Å²) in [6, 6.07) is 9.60.